The fourth-order valence-electron chi connectivity index (χ4n) is 3.08. The highest BCUT2D eigenvalue weighted by Crippen LogP contribution is 2.34. The highest BCUT2D eigenvalue weighted by atomic mass is 127. The number of aromatic amines is 1. The highest BCUT2D eigenvalue weighted by molar-refractivity contribution is 14.1. The van der Waals surface area contributed by atoms with Gasteiger partial charge >= 0.3 is 29.6 Å². The van der Waals surface area contributed by atoms with E-state index in [9.17, 15) is 28.8 Å². The normalized spacial score (nSPS) is 24.8. The van der Waals surface area contributed by atoms with Crippen molar-refractivity contribution in [3.63, 3.8) is 0 Å². The van der Waals surface area contributed by atoms with Crippen molar-refractivity contribution in [2.45, 2.75) is 58.3 Å². The maximum Gasteiger partial charge on any atom is 0.330 e. The molecule has 5 atom stereocenters. The number of aromatic nitrogens is 2. The van der Waals surface area contributed by atoms with Gasteiger partial charge in [-0.25, -0.2) is 4.79 Å². The molecule has 0 saturated carbocycles. The van der Waals surface area contributed by atoms with Crippen molar-refractivity contribution in [3.8, 4) is 0 Å². The third-order valence-corrected chi connectivity index (χ3v) is 4.93. The van der Waals surface area contributed by atoms with Crippen molar-refractivity contribution in [2.75, 3.05) is 6.61 Å². The van der Waals surface area contributed by atoms with E-state index in [1.807, 2.05) is 0 Å². The third kappa shape index (κ3) is 6.38. The van der Waals surface area contributed by atoms with Crippen molar-refractivity contribution < 1.29 is 42.9 Å². The lowest BCUT2D eigenvalue weighted by Crippen LogP contribution is -2.61. The van der Waals surface area contributed by atoms with Crippen molar-refractivity contribution in [3.05, 3.63) is 30.6 Å². The molecule has 14 heteroatoms. The lowest BCUT2D eigenvalue weighted by atomic mass is 9.97. The summed E-state index contributed by atoms with van der Waals surface area (Å²) in [5.74, 6) is -3.07. The summed E-state index contributed by atoms with van der Waals surface area (Å²) in [6, 6.07) is 0. The van der Waals surface area contributed by atoms with E-state index in [0.717, 1.165) is 38.5 Å². The number of esters is 4. The zero-order chi connectivity index (χ0) is 24.2. The molecular formula is C18H21IN2O11. The lowest BCUT2D eigenvalue weighted by Gasteiger charge is -2.44. The second kappa shape index (κ2) is 10.7. The molecule has 32 heavy (non-hydrogen) atoms. The molecule has 1 saturated heterocycles. The number of carbonyl (C=O) groups excluding carboxylic acids is 4. The third-order valence-electron chi connectivity index (χ3n) is 4.16. The Balaban J connectivity index is 2.65. The van der Waals surface area contributed by atoms with E-state index in [2.05, 4.69) is 4.98 Å². The number of carbonyl (C=O) groups is 4. The van der Waals surface area contributed by atoms with Crippen LogP contribution in [-0.4, -0.2) is 64.5 Å². The topological polar surface area (TPSA) is 169 Å². The standard InChI is InChI=1S/C18H21IN2O11/c1-7(22)28-6-12-13(29-8(2)23)14(30-9(3)24)15(31-10(4)25)17(32-12)21-5-11(19)16(26)20-18(21)27/h5,12-15,17H,6H2,1-4H3,(H,20,26,27)/t12-,13-,14-,15-,17+/m0/s1. The van der Waals surface area contributed by atoms with Crippen LogP contribution in [0.1, 0.15) is 33.9 Å². The summed E-state index contributed by atoms with van der Waals surface area (Å²) in [4.78, 5) is 73.0. The predicted molar refractivity (Wildman–Crippen MR) is 111 cm³/mol. The van der Waals surface area contributed by atoms with Gasteiger partial charge in [0.25, 0.3) is 5.56 Å². The Kier molecular flexibility index (Phi) is 8.54. The van der Waals surface area contributed by atoms with Crippen LogP contribution in [-0.2, 0) is 42.9 Å². The summed E-state index contributed by atoms with van der Waals surface area (Å²) in [6.45, 7) is 3.95. The molecule has 0 spiro atoms. The van der Waals surface area contributed by atoms with Gasteiger partial charge in [0.05, 0.1) is 3.57 Å². The summed E-state index contributed by atoms with van der Waals surface area (Å²) >= 11 is 1.68. The van der Waals surface area contributed by atoms with Gasteiger partial charge in [-0.05, 0) is 22.6 Å². The van der Waals surface area contributed by atoms with E-state index >= 15 is 0 Å². The van der Waals surface area contributed by atoms with E-state index in [0.29, 0.717) is 0 Å². The van der Waals surface area contributed by atoms with E-state index in [-0.39, 0.29) is 3.57 Å². The molecule has 0 radical (unpaired) electrons. The number of hydrogen-bond donors (Lipinski definition) is 1. The highest BCUT2D eigenvalue weighted by Gasteiger charge is 2.53. The second-order valence-electron chi connectivity index (χ2n) is 6.73. The number of rotatable bonds is 6. The van der Waals surface area contributed by atoms with Gasteiger partial charge in [0.15, 0.2) is 24.5 Å². The van der Waals surface area contributed by atoms with Gasteiger partial charge in [-0.3, -0.25) is 33.5 Å². The first-order chi connectivity index (χ1) is 14.9. The first-order valence-corrected chi connectivity index (χ1v) is 10.3. The summed E-state index contributed by atoms with van der Waals surface area (Å²) < 4.78 is 27.7. The van der Waals surface area contributed by atoms with Gasteiger partial charge in [-0.15, -0.1) is 0 Å². The van der Waals surface area contributed by atoms with Crippen molar-refractivity contribution in [1.29, 1.82) is 0 Å². The Morgan fingerprint density at radius 2 is 1.47 bits per heavy atom. The monoisotopic (exact) mass is 568 g/mol. The summed E-state index contributed by atoms with van der Waals surface area (Å²) in [7, 11) is 0. The van der Waals surface area contributed by atoms with Gasteiger partial charge in [-0.1, -0.05) is 0 Å². The molecule has 1 aromatic heterocycles. The Morgan fingerprint density at radius 3 is 2.00 bits per heavy atom. The van der Waals surface area contributed by atoms with Crippen LogP contribution >= 0.6 is 22.6 Å². The van der Waals surface area contributed by atoms with Gasteiger partial charge in [0.2, 0.25) is 0 Å². The molecule has 1 aliphatic rings. The first-order valence-electron chi connectivity index (χ1n) is 9.22. The first kappa shape index (κ1) is 25.5. The van der Waals surface area contributed by atoms with Crippen LogP contribution in [0.3, 0.4) is 0 Å². The van der Waals surface area contributed by atoms with Crippen molar-refractivity contribution in [2.24, 2.45) is 0 Å². The van der Waals surface area contributed by atoms with Crippen molar-refractivity contribution in [1.82, 2.24) is 9.55 Å². The largest absolute Gasteiger partial charge is 0.463 e. The average Bonchev–Trinajstić information content (AvgIpc) is 2.65. The minimum absolute atomic E-state index is 0.107. The SMILES string of the molecule is CC(=O)OC[C@@H]1O[C@@H](n2cc(I)c(=O)[nH]c2=O)[C@@H](OC(C)=O)[C@@H](OC(C)=O)[C@H]1OC(C)=O. The molecule has 2 heterocycles. The summed E-state index contributed by atoms with van der Waals surface area (Å²) in [5, 5.41) is 0. The fourth-order valence-corrected chi connectivity index (χ4v) is 3.51. The molecule has 1 aliphatic heterocycles. The van der Waals surface area contributed by atoms with Gasteiger partial charge in [0, 0.05) is 33.9 Å². The minimum atomic E-state index is -1.46. The van der Waals surface area contributed by atoms with Crippen LogP contribution in [0, 0.1) is 3.57 Å². The molecule has 0 aromatic carbocycles. The molecule has 0 bridgehead atoms. The molecule has 176 valence electrons. The van der Waals surface area contributed by atoms with Crippen molar-refractivity contribution >= 4 is 46.5 Å². The van der Waals surface area contributed by atoms with Crippen LogP contribution < -0.4 is 11.2 Å². The van der Waals surface area contributed by atoms with Crippen LogP contribution in [0.2, 0.25) is 0 Å². The van der Waals surface area contributed by atoms with Crippen LogP contribution in [0.25, 0.3) is 0 Å². The zero-order valence-electron chi connectivity index (χ0n) is 17.5. The Morgan fingerprint density at radius 1 is 0.938 bits per heavy atom. The van der Waals surface area contributed by atoms with E-state index in [1.165, 1.54) is 0 Å². The zero-order valence-corrected chi connectivity index (χ0v) is 19.6. The van der Waals surface area contributed by atoms with Crippen LogP contribution in [0.5, 0.6) is 0 Å². The van der Waals surface area contributed by atoms with E-state index in [4.69, 9.17) is 23.7 Å². The molecule has 0 amide bonds. The molecule has 0 aliphatic carbocycles. The average molecular weight is 568 g/mol. The lowest BCUT2D eigenvalue weighted by molar-refractivity contribution is -0.269. The number of halogens is 1. The quantitative estimate of drug-likeness (QED) is 0.264. The molecule has 13 nitrogen and oxygen atoms in total. The second-order valence-corrected chi connectivity index (χ2v) is 7.90. The number of hydrogen-bond acceptors (Lipinski definition) is 11. The Hall–Kier alpha value is -2.75. The number of ether oxygens (including phenoxy) is 5. The Labute approximate surface area is 194 Å². The summed E-state index contributed by atoms with van der Waals surface area (Å²) in [5.41, 5.74) is -1.56. The molecule has 0 unspecified atom stereocenters. The smallest absolute Gasteiger partial charge is 0.330 e. The summed E-state index contributed by atoms with van der Waals surface area (Å²) in [6.07, 6.45) is -5.75. The molecule has 1 aromatic rings. The van der Waals surface area contributed by atoms with Gasteiger partial charge in [-0.2, -0.15) is 0 Å². The Bertz CT molecular complexity index is 1020. The number of nitrogens with one attached hydrogen (secondary N) is 1. The van der Waals surface area contributed by atoms with E-state index in [1.54, 1.807) is 22.6 Å². The molecule has 1 fully saturated rings. The van der Waals surface area contributed by atoms with E-state index < -0.39 is 72.4 Å². The minimum Gasteiger partial charge on any atom is -0.463 e. The van der Waals surface area contributed by atoms with Gasteiger partial charge in [0.1, 0.15) is 12.7 Å². The van der Waals surface area contributed by atoms with Gasteiger partial charge < -0.3 is 23.7 Å². The molecule has 2 rings (SSSR count). The predicted octanol–water partition coefficient (Wildman–Crippen LogP) is -0.603. The van der Waals surface area contributed by atoms with Crippen LogP contribution in [0.15, 0.2) is 15.8 Å². The maximum atomic E-state index is 12.5. The number of H-pyrrole nitrogens is 1. The fraction of sp³-hybridized carbons (Fsp3) is 0.556. The molecule has 1 N–H and O–H groups in total. The molecular weight excluding hydrogens is 547 g/mol. The van der Waals surface area contributed by atoms with Crippen LogP contribution in [0.4, 0.5) is 0 Å². The maximum absolute atomic E-state index is 12.5. The number of nitrogens with zero attached hydrogens (tertiary/aromatic N) is 1.